The number of hydrogen-bond donors (Lipinski definition) is 0. The van der Waals surface area contributed by atoms with Gasteiger partial charge in [-0.3, -0.25) is 4.57 Å². The highest BCUT2D eigenvalue weighted by atomic mass is 28.3. The summed E-state index contributed by atoms with van der Waals surface area (Å²) in [4.78, 5) is 31.4. The Labute approximate surface area is 232 Å². The predicted octanol–water partition coefficient (Wildman–Crippen LogP) is 5.76. The molecular weight excluding hydrogens is 504 g/mol. The molecule has 0 spiro atoms. The van der Waals surface area contributed by atoms with E-state index in [0.717, 1.165) is 28.2 Å². The summed E-state index contributed by atoms with van der Waals surface area (Å²) >= 11 is 0. The Kier molecular flexibility index (Phi) is 6.96. The Morgan fingerprint density at radius 2 is 1.82 bits per heavy atom. The summed E-state index contributed by atoms with van der Waals surface area (Å²) in [5.41, 5.74) is 6.03. The maximum atomic E-state index is 12.9. The average molecular weight is 545 g/mol. The highest BCUT2D eigenvalue weighted by molar-refractivity contribution is 6.83. The van der Waals surface area contributed by atoms with E-state index in [-0.39, 0.29) is 18.2 Å². The molecule has 2 fully saturated rings. The van der Waals surface area contributed by atoms with Crippen LogP contribution < -0.4 is 4.90 Å². The molecule has 0 aromatic carbocycles. The van der Waals surface area contributed by atoms with E-state index < -0.39 is 13.7 Å². The molecule has 1 amide bonds. The number of anilines is 1. The Bertz CT molecular complexity index is 1450. The third kappa shape index (κ3) is 5.96. The van der Waals surface area contributed by atoms with Crippen molar-refractivity contribution in [2.24, 2.45) is 0 Å². The molecule has 1 saturated heterocycles. The van der Waals surface area contributed by atoms with Crippen LogP contribution in [0.5, 0.6) is 0 Å². The normalized spacial score (nSPS) is 20.1. The first-order chi connectivity index (χ1) is 18.3. The van der Waals surface area contributed by atoms with Crippen molar-refractivity contribution in [3.8, 4) is 17.3 Å². The maximum absolute atomic E-state index is 12.9. The van der Waals surface area contributed by atoms with Crippen molar-refractivity contribution in [3.05, 3.63) is 42.0 Å². The molecule has 0 radical (unpaired) electrons. The van der Waals surface area contributed by atoms with Crippen LogP contribution in [0.3, 0.4) is 0 Å². The van der Waals surface area contributed by atoms with Gasteiger partial charge in [0.2, 0.25) is 0 Å². The number of carbonyl (C=O) groups excluding carboxylic acids is 1. The number of pyridine rings is 1. The minimum atomic E-state index is -1.49. The molecule has 0 N–H and O–H groups in total. The molecule has 1 aliphatic carbocycles. The van der Waals surface area contributed by atoms with E-state index in [0.29, 0.717) is 19.0 Å². The van der Waals surface area contributed by atoms with Crippen molar-refractivity contribution in [2.45, 2.75) is 90.7 Å². The number of hydrogen-bond acceptors (Lipinski definition) is 6. The predicted molar refractivity (Wildman–Crippen MR) is 158 cm³/mol. The molecule has 3 aromatic heterocycles. The van der Waals surface area contributed by atoms with Gasteiger partial charge in [0.15, 0.2) is 5.65 Å². The molecule has 4 heterocycles. The second-order valence-corrected chi connectivity index (χ2v) is 17.8. The van der Waals surface area contributed by atoms with Crippen LogP contribution in [0.4, 0.5) is 10.6 Å². The van der Waals surface area contributed by atoms with Gasteiger partial charge in [0.05, 0.1) is 5.39 Å². The Morgan fingerprint density at radius 3 is 2.49 bits per heavy atom. The van der Waals surface area contributed by atoms with Gasteiger partial charge in [0.25, 0.3) is 0 Å². The number of amides is 1. The number of aromatic nitrogens is 4. The molecular formula is C30H40N6O2Si. The van der Waals surface area contributed by atoms with Gasteiger partial charge in [0.1, 0.15) is 31.6 Å². The van der Waals surface area contributed by atoms with Crippen LogP contribution in [-0.4, -0.2) is 69.4 Å². The van der Waals surface area contributed by atoms with Crippen molar-refractivity contribution < 1.29 is 9.53 Å². The Hall–Kier alpha value is -3.38. The zero-order valence-electron chi connectivity index (χ0n) is 24.4. The van der Waals surface area contributed by atoms with Gasteiger partial charge in [-0.2, -0.15) is 0 Å². The first kappa shape index (κ1) is 27.2. The standard InChI is InChI=1S/C30H40N6O2Si/c1-20-17-35(29(37)38-30(3,4)5)21(2)16-34(20)27-26-24(23-9-10-23)18-36(28(26)33-19-32-27)25-15-22(11-13-31-25)12-14-39(6,7)8/h11,13,15,18-21,23H,9-10,16-17H2,1-8H3/t20-,21+/m0/s1. The number of nitrogens with zero attached hydrogens (tertiary/aromatic N) is 6. The fourth-order valence-corrected chi connectivity index (χ4v) is 5.57. The van der Waals surface area contributed by atoms with E-state index in [2.05, 4.69) is 66.7 Å². The summed E-state index contributed by atoms with van der Waals surface area (Å²) in [7, 11) is -1.49. The number of rotatable bonds is 3. The lowest BCUT2D eigenvalue weighted by molar-refractivity contribution is 0.0130. The van der Waals surface area contributed by atoms with E-state index in [4.69, 9.17) is 19.7 Å². The van der Waals surface area contributed by atoms with Gasteiger partial charge in [-0.1, -0.05) is 25.6 Å². The second kappa shape index (κ2) is 9.98. The topological polar surface area (TPSA) is 76.4 Å². The Balaban J connectivity index is 1.52. The van der Waals surface area contributed by atoms with Gasteiger partial charge < -0.3 is 14.5 Å². The lowest BCUT2D eigenvalue weighted by Gasteiger charge is -2.44. The Morgan fingerprint density at radius 1 is 1.08 bits per heavy atom. The summed E-state index contributed by atoms with van der Waals surface area (Å²) in [5.74, 6) is 5.61. The maximum Gasteiger partial charge on any atom is 0.410 e. The van der Waals surface area contributed by atoms with Crippen LogP contribution in [0, 0.1) is 11.5 Å². The molecule has 3 aromatic rings. The van der Waals surface area contributed by atoms with Gasteiger partial charge in [-0.15, -0.1) is 5.54 Å². The van der Waals surface area contributed by atoms with Crippen LogP contribution in [0.15, 0.2) is 30.9 Å². The number of piperazine rings is 1. The fraction of sp³-hybridized carbons (Fsp3) is 0.533. The van der Waals surface area contributed by atoms with Crippen molar-refractivity contribution in [3.63, 3.8) is 0 Å². The zero-order valence-corrected chi connectivity index (χ0v) is 25.4. The summed E-state index contributed by atoms with van der Waals surface area (Å²) in [6.07, 6.45) is 7.75. The van der Waals surface area contributed by atoms with Gasteiger partial charge in [0, 0.05) is 43.1 Å². The van der Waals surface area contributed by atoms with Gasteiger partial charge in [-0.05, 0) is 71.1 Å². The van der Waals surface area contributed by atoms with Crippen LogP contribution in [0.25, 0.3) is 16.9 Å². The molecule has 9 heteroatoms. The third-order valence-corrected chi connectivity index (χ3v) is 7.94. The third-order valence-electron chi connectivity index (χ3n) is 7.07. The SMILES string of the molecule is C[C@@H]1CN(c2ncnc3c2c(C2CC2)cn3-c2cc(C#C[Si](C)(C)C)ccn2)[C@@H](C)CN1C(=O)OC(C)(C)C. The summed E-state index contributed by atoms with van der Waals surface area (Å²) in [6.45, 7) is 17.9. The minimum Gasteiger partial charge on any atom is -0.444 e. The van der Waals surface area contributed by atoms with Gasteiger partial charge in [-0.25, -0.2) is 19.7 Å². The van der Waals surface area contributed by atoms with Crippen LogP contribution >= 0.6 is 0 Å². The first-order valence-corrected chi connectivity index (χ1v) is 17.4. The van der Waals surface area contributed by atoms with Crippen LogP contribution in [0.1, 0.15) is 64.5 Å². The smallest absolute Gasteiger partial charge is 0.410 e. The van der Waals surface area contributed by atoms with E-state index in [1.807, 2.05) is 37.9 Å². The van der Waals surface area contributed by atoms with Crippen molar-refractivity contribution >= 4 is 31.0 Å². The van der Waals surface area contributed by atoms with Crippen molar-refractivity contribution in [1.82, 2.24) is 24.4 Å². The fourth-order valence-electron chi connectivity index (χ4n) is 5.05. The monoisotopic (exact) mass is 544 g/mol. The molecule has 1 aliphatic heterocycles. The molecule has 8 nitrogen and oxygen atoms in total. The van der Waals surface area contributed by atoms with Crippen LogP contribution in [0.2, 0.25) is 19.6 Å². The number of ether oxygens (including phenoxy) is 1. The molecule has 1 saturated carbocycles. The molecule has 2 aliphatic rings. The summed E-state index contributed by atoms with van der Waals surface area (Å²) in [6, 6.07) is 4.07. The van der Waals surface area contributed by atoms with E-state index in [1.165, 1.54) is 18.4 Å². The second-order valence-electron chi connectivity index (χ2n) is 13.0. The quantitative estimate of drug-likeness (QED) is 0.308. The average Bonchev–Trinajstić information content (AvgIpc) is 3.62. The zero-order chi connectivity index (χ0) is 28.1. The molecule has 39 heavy (non-hydrogen) atoms. The van der Waals surface area contributed by atoms with Crippen molar-refractivity contribution in [2.75, 3.05) is 18.0 Å². The van der Waals surface area contributed by atoms with Gasteiger partial charge >= 0.3 is 6.09 Å². The van der Waals surface area contributed by atoms with E-state index >= 15 is 0 Å². The highest BCUT2D eigenvalue weighted by Crippen LogP contribution is 2.46. The number of fused-ring (bicyclic) bond motifs is 1. The van der Waals surface area contributed by atoms with Crippen LogP contribution in [-0.2, 0) is 4.74 Å². The highest BCUT2D eigenvalue weighted by Gasteiger charge is 2.37. The molecule has 5 rings (SSSR count). The molecule has 0 unspecified atom stereocenters. The molecule has 2 atom stereocenters. The molecule has 206 valence electrons. The summed E-state index contributed by atoms with van der Waals surface area (Å²) < 4.78 is 7.79. The lowest BCUT2D eigenvalue weighted by atomic mass is 10.1. The molecule has 0 bridgehead atoms. The minimum absolute atomic E-state index is 0.0178. The summed E-state index contributed by atoms with van der Waals surface area (Å²) in [5, 5.41) is 1.09. The van der Waals surface area contributed by atoms with E-state index in [9.17, 15) is 4.79 Å². The first-order valence-electron chi connectivity index (χ1n) is 13.9. The van der Waals surface area contributed by atoms with E-state index in [1.54, 1.807) is 6.33 Å². The lowest BCUT2D eigenvalue weighted by Crippen LogP contribution is -2.59. The largest absolute Gasteiger partial charge is 0.444 e. The number of carbonyl (C=O) groups is 1. The van der Waals surface area contributed by atoms with Crippen molar-refractivity contribution in [1.29, 1.82) is 0 Å².